The van der Waals surface area contributed by atoms with Crippen molar-refractivity contribution in [1.82, 2.24) is 4.90 Å². The first-order valence-corrected chi connectivity index (χ1v) is 5.83. The Hall–Kier alpha value is -0.610. The van der Waals surface area contributed by atoms with E-state index < -0.39 is 5.97 Å². The molecule has 0 amide bonds. The standard InChI is InChI=1S/C11H17NO3/c13-11(14)7-3-8-1-2-9(4-7)12(8)10-5-15-6-10/h7-10H,1-6H2,(H,13,14). The summed E-state index contributed by atoms with van der Waals surface area (Å²) in [6, 6.07) is 1.61. The van der Waals surface area contributed by atoms with Crippen LogP contribution in [-0.2, 0) is 9.53 Å². The molecule has 3 fully saturated rings. The third kappa shape index (κ3) is 1.47. The zero-order valence-corrected chi connectivity index (χ0v) is 8.76. The second-order valence-corrected chi connectivity index (χ2v) is 5.03. The predicted octanol–water partition coefficient (Wildman–Crippen LogP) is 0.713. The number of fused-ring (bicyclic) bond motifs is 2. The summed E-state index contributed by atoms with van der Waals surface area (Å²) in [6.07, 6.45) is 4.07. The summed E-state index contributed by atoms with van der Waals surface area (Å²) in [5.74, 6) is -0.698. The Balaban J connectivity index is 1.72. The first-order chi connectivity index (χ1) is 7.25. The molecule has 15 heavy (non-hydrogen) atoms. The van der Waals surface area contributed by atoms with Crippen LogP contribution in [0.15, 0.2) is 0 Å². The number of aliphatic carboxylic acids is 1. The fraction of sp³-hybridized carbons (Fsp3) is 0.909. The first kappa shape index (κ1) is 9.60. The monoisotopic (exact) mass is 211 g/mol. The molecular weight excluding hydrogens is 194 g/mol. The van der Waals surface area contributed by atoms with Gasteiger partial charge in [0.15, 0.2) is 0 Å². The van der Waals surface area contributed by atoms with Crippen LogP contribution in [0.5, 0.6) is 0 Å². The molecule has 1 N–H and O–H groups in total. The number of carboxylic acid groups (broad SMARTS) is 1. The maximum Gasteiger partial charge on any atom is 0.306 e. The molecule has 4 heteroatoms. The topological polar surface area (TPSA) is 49.8 Å². The Kier molecular flexibility index (Phi) is 2.21. The van der Waals surface area contributed by atoms with Crippen molar-refractivity contribution in [3.8, 4) is 0 Å². The van der Waals surface area contributed by atoms with Gasteiger partial charge in [-0.1, -0.05) is 0 Å². The van der Waals surface area contributed by atoms with E-state index in [0.29, 0.717) is 18.1 Å². The zero-order valence-electron chi connectivity index (χ0n) is 8.76. The van der Waals surface area contributed by atoms with Crippen molar-refractivity contribution in [1.29, 1.82) is 0 Å². The molecule has 2 atom stereocenters. The lowest BCUT2D eigenvalue weighted by atomic mass is 9.89. The average molecular weight is 211 g/mol. The van der Waals surface area contributed by atoms with E-state index in [1.807, 2.05) is 0 Å². The molecule has 0 aromatic heterocycles. The Morgan fingerprint density at radius 3 is 2.13 bits per heavy atom. The minimum Gasteiger partial charge on any atom is -0.481 e. The van der Waals surface area contributed by atoms with Crippen LogP contribution in [0.3, 0.4) is 0 Å². The smallest absolute Gasteiger partial charge is 0.306 e. The summed E-state index contributed by atoms with van der Waals surface area (Å²) in [5, 5.41) is 9.05. The van der Waals surface area contributed by atoms with E-state index in [9.17, 15) is 4.79 Å². The lowest BCUT2D eigenvalue weighted by molar-refractivity contribution is -0.147. The summed E-state index contributed by atoms with van der Waals surface area (Å²) < 4.78 is 5.23. The average Bonchev–Trinajstić information content (AvgIpc) is 2.39. The van der Waals surface area contributed by atoms with E-state index in [0.717, 1.165) is 26.1 Å². The third-order valence-corrected chi connectivity index (χ3v) is 4.18. The minimum absolute atomic E-state index is 0.0975. The van der Waals surface area contributed by atoms with Crippen LogP contribution in [0.1, 0.15) is 25.7 Å². The van der Waals surface area contributed by atoms with Crippen molar-refractivity contribution in [2.75, 3.05) is 13.2 Å². The number of rotatable bonds is 2. The molecule has 2 unspecified atom stereocenters. The van der Waals surface area contributed by atoms with E-state index in [1.165, 1.54) is 12.8 Å². The highest BCUT2D eigenvalue weighted by molar-refractivity contribution is 5.70. The summed E-state index contributed by atoms with van der Waals surface area (Å²) >= 11 is 0. The van der Waals surface area contributed by atoms with Gasteiger partial charge in [-0.25, -0.2) is 0 Å². The first-order valence-electron chi connectivity index (χ1n) is 5.83. The van der Waals surface area contributed by atoms with Crippen LogP contribution < -0.4 is 0 Å². The molecule has 2 bridgehead atoms. The molecule has 0 aromatic carbocycles. The number of carboxylic acids is 1. The molecule has 0 aromatic rings. The fourth-order valence-electron chi connectivity index (χ4n) is 3.41. The van der Waals surface area contributed by atoms with Crippen molar-refractivity contribution in [2.45, 2.75) is 43.8 Å². The van der Waals surface area contributed by atoms with Gasteiger partial charge in [0, 0.05) is 12.1 Å². The second kappa shape index (κ2) is 3.46. The quantitative estimate of drug-likeness (QED) is 0.731. The van der Waals surface area contributed by atoms with Gasteiger partial charge in [-0.2, -0.15) is 0 Å². The molecular formula is C11H17NO3. The number of nitrogens with zero attached hydrogens (tertiary/aromatic N) is 1. The van der Waals surface area contributed by atoms with Gasteiger partial charge in [-0.15, -0.1) is 0 Å². The van der Waals surface area contributed by atoms with Gasteiger partial charge in [-0.05, 0) is 25.7 Å². The lowest BCUT2D eigenvalue weighted by Crippen LogP contribution is -2.57. The summed E-state index contributed by atoms with van der Waals surface area (Å²) in [4.78, 5) is 13.5. The lowest BCUT2D eigenvalue weighted by Gasteiger charge is -2.45. The normalized spacial score (nSPS) is 41.5. The Morgan fingerprint density at radius 1 is 1.13 bits per heavy atom. The molecule has 0 aliphatic carbocycles. The van der Waals surface area contributed by atoms with Crippen molar-refractivity contribution in [3.63, 3.8) is 0 Å². The Morgan fingerprint density at radius 2 is 1.73 bits per heavy atom. The van der Waals surface area contributed by atoms with Gasteiger partial charge in [0.25, 0.3) is 0 Å². The highest BCUT2D eigenvalue weighted by Crippen LogP contribution is 2.41. The van der Waals surface area contributed by atoms with Crippen LogP contribution in [0.25, 0.3) is 0 Å². The van der Waals surface area contributed by atoms with Crippen LogP contribution in [0, 0.1) is 5.92 Å². The maximum atomic E-state index is 11.0. The maximum absolute atomic E-state index is 11.0. The van der Waals surface area contributed by atoms with Gasteiger partial charge in [0.1, 0.15) is 0 Å². The molecule has 0 spiro atoms. The molecule has 3 heterocycles. The molecule has 84 valence electrons. The van der Waals surface area contributed by atoms with Crippen molar-refractivity contribution in [2.24, 2.45) is 5.92 Å². The Labute approximate surface area is 89.2 Å². The van der Waals surface area contributed by atoms with Gasteiger partial charge in [-0.3, -0.25) is 9.69 Å². The molecule has 3 rings (SSSR count). The fourth-order valence-corrected chi connectivity index (χ4v) is 3.41. The van der Waals surface area contributed by atoms with Crippen LogP contribution in [0.4, 0.5) is 0 Å². The van der Waals surface area contributed by atoms with Crippen LogP contribution >= 0.6 is 0 Å². The van der Waals surface area contributed by atoms with Gasteiger partial charge >= 0.3 is 5.97 Å². The minimum atomic E-state index is -0.601. The Bertz CT molecular complexity index is 263. The second-order valence-electron chi connectivity index (χ2n) is 5.03. The summed E-state index contributed by atoms with van der Waals surface area (Å²) in [6.45, 7) is 1.70. The molecule has 3 saturated heterocycles. The summed E-state index contributed by atoms with van der Waals surface area (Å²) in [7, 11) is 0. The van der Waals surface area contributed by atoms with E-state index in [1.54, 1.807) is 0 Å². The molecule has 0 saturated carbocycles. The number of hydrogen-bond donors (Lipinski definition) is 1. The molecule has 3 aliphatic heterocycles. The van der Waals surface area contributed by atoms with E-state index in [-0.39, 0.29) is 5.92 Å². The summed E-state index contributed by atoms with van der Waals surface area (Å²) in [5.41, 5.74) is 0. The number of hydrogen-bond acceptors (Lipinski definition) is 3. The highest BCUT2D eigenvalue weighted by Gasteiger charge is 2.47. The highest BCUT2D eigenvalue weighted by atomic mass is 16.5. The van der Waals surface area contributed by atoms with Crippen molar-refractivity contribution < 1.29 is 14.6 Å². The molecule has 4 nitrogen and oxygen atoms in total. The predicted molar refractivity (Wildman–Crippen MR) is 53.6 cm³/mol. The van der Waals surface area contributed by atoms with Crippen molar-refractivity contribution in [3.05, 3.63) is 0 Å². The van der Waals surface area contributed by atoms with Gasteiger partial charge < -0.3 is 9.84 Å². The number of ether oxygens (including phenoxy) is 1. The van der Waals surface area contributed by atoms with E-state index in [2.05, 4.69) is 4.90 Å². The number of carbonyl (C=O) groups is 1. The molecule has 0 radical (unpaired) electrons. The van der Waals surface area contributed by atoms with Crippen molar-refractivity contribution >= 4 is 5.97 Å². The van der Waals surface area contributed by atoms with Gasteiger partial charge in [0.05, 0.1) is 25.2 Å². The van der Waals surface area contributed by atoms with Crippen LogP contribution in [0.2, 0.25) is 0 Å². The zero-order chi connectivity index (χ0) is 10.4. The third-order valence-electron chi connectivity index (χ3n) is 4.18. The SMILES string of the molecule is O=C(O)C1CC2CCC(C1)N2C1COC1. The molecule has 3 aliphatic rings. The number of piperidine rings is 1. The largest absolute Gasteiger partial charge is 0.481 e. The van der Waals surface area contributed by atoms with E-state index >= 15 is 0 Å². The van der Waals surface area contributed by atoms with Gasteiger partial charge in [0.2, 0.25) is 0 Å². The van der Waals surface area contributed by atoms with E-state index in [4.69, 9.17) is 9.84 Å². The van der Waals surface area contributed by atoms with Crippen LogP contribution in [-0.4, -0.2) is 47.3 Å².